The van der Waals surface area contributed by atoms with Crippen molar-refractivity contribution in [2.45, 2.75) is 33.0 Å². The second kappa shape index (κ2) is 8.62. The van der Waals surface area contributed by atoms with Crippen LogP contribution in [0.5, 0.6) is 5.75 Å². The summed E-state index contributed by atoms with van der Waals surface area (Å²) in [6, 6.07) is 5.39. The van der Waals surface area contributed by atoms with E-state index >= 15 is 0 Å². The summed E-state index contributed by atoms with van der Waals surface area (Å²) < 4.78 is 16.1. The number of methoxy groups -OCH3 is 1. The summed E-state index contributed by atoms with van der Waals surface area (Å²) in [5.41, 5.74) is 1.37. The van der Waals surface area contributed by atoms with Gasteiger partial charge in [0, 0.05) is 11.5 Å². The number of hydrogen-bond donors (Lipinski definition) is 3. The zero-order valence-electron chi connectivity index (χ0n) is 16.8. The van der Waals surface area contributed by atoms with E-state index in [9.17, 15) is 9.59 Å². The minimum absolute atomic E-state index is 0.113. The number of hydrogen-bond acceptors (Lipinski definition) is 5. The monoisotopic (exact) mass is 390 g/mol. The molecule has 0 radical (unpaired) electrons. The number of fused-ring (bicyclic) bond motifs is 1. The third-order valence-electron chi connectivity index (χ3n) is 4.78. The predicted octanol–water partition coefficient (Wildman–Crippen LogP) is 0.984. The zero-order chi connectivity index (χ0) is 20.3. The average molecular weight is 390 g/mol. The molecule has 0 spiro atoms. The Balaban J connectivity index is 1.84. The number of nitrogens with one attached hydrogen (secondary N) is 3. The largest absolute Gasteiger partial charge is 0.497 e. The van der Waals surface area contributed by atoms with Gasteiger partial charge in [-0.1, -0.05) is 0 Å². The Bertz CT molecular complexity index is 853. The van der Waals surface area contributed by atoms with E-state index in [0.717, 1.165) is 23.4 Å². The van der Waals surface area contributed by atoms with Gasteiger partial charge in [-0.25, -0.2) is 4.79 Å². The second-order valence-corrected chi connectivity index (χ2v) is 7.15. The molecule has 1 aromatic carbocycles. The number of esters is 1. The minimum atomic E-state index is -0.506. The van der Waals surface area contributed by atoms with E-state index in [1.165, 1.54) is 0 Å². The van der Waals surface area contributed by atoms with Gasteiger partial charge in [0.15, 0.2) is 6.54 Å². The number of amides is 1. The molecule has 1 aromatic heterocycles. The first-order chi connectivity index (χ1) is 13.4. The van der Waals surface area contributed by atoms with Crippen molar-refractivity contribution in [3.05, 3.63) is 23.9 Å². The molecule has 0 saturated carbocycles. The minimum Gasteiger partial charge on any atom is -0.497 e. The van der Waals surface area contributed by atoms with Crippen LogP contribution in [0.1, 0.15) is 31.3 Å². The van der Waals surface area contributed by atoms with Gasteiger partial charge in [0.1, 0.15) is 36.7 Å². The molecule has 1 fully saturated rings. The lowest BCUT2D eigenvalue weighted by molar-refractivity contribution is -0.907. The molecule has 152 valence electrons. The number of aromatic nitrogens is 1. The number of H-pyrrole nitrogens is 1. The van der Waals surface area contributed by atoms with Crippen LogP contribution in [0.25, 0.3) is 10.9 Å². The van der Waals surface area contributed by atoms with Gasteiger partial charge in [0.2, 0.25) is 0 Å². The van der Waals surface area contributed by atoms with E-state index in [0.29, 0.717) is 23.5 Å². The highest BCUT2D eigenvalue weighted by atomic mass is 16.5. The van der Waals surface area contributed by atoms with E-state index in [1.54, 1.807) is 26.2 Å². The normalized spacial score (nSPS) is 22.1. The fourth-order valence-electron chi connectivity index (χ4n) is 3.73. The third kappa shape index (κ3) is 4.45. The third-order valence-corrected chi connectivity index (χ3v) is 4.78. The molecule has 3 atom stereocenters. The first kappa shape index (κ1) is 20.2. The summed E-state index contributed by atoms with van der Waals surface area (Å²) in [5, 5.41) is 3.65. The van der Waals surface area contributed by atoms with Gasteiger partial charge in [0.05, 0.1) is 24.9 Å². The maximum atomic E-state index is 12.7. The highest BCUT2D eigenvalue weighted by Crippen LogP contribution is 2.31. The van der Waals surface area contributed by atoms with Crippen LogP contribution in [0.15, 0.2) is 18.2 Å². The second-order valence-electron chi connectivity index (χ2n) is 7.15. The molecule has 1 aliphatic heterocycles. The predicted molar refractivity (Wildman–Crippen MR) is 105 cm³/mol. The molecule has 8 heteroatoms. The van der Waals surface area contributed by atoms with Crippen LogP contribution in [0.2, 0.25) is 0 Å². The van der Waals surface area contributed by atoms with Gasteiger partial charge in [-0.3, -0.25) is 4.79 Å². The fourth-order valence-corrected chi connectivity index (χ4v) is 3.73. The number of aromatic amines is 1. The Morgan fingerprint density at radius 2 is 2.00 bits per heavy atom. The molecule has 0 bridgehead atoms. The summed E-state index contributed by atoms with van der Waals surface area (Å²) >= 11 is 0. The van der Waals surface area contributed by atoms with Crippen molar-refractivity contribution >= 4 is 28.5 Å². The SMILES string of the molecule is CCOC(=O)c1[nH]c2cc(OC)ccc2c1NC(=O)C[NH+]1C[C@@H](C)O[C@@H](C)C1. The van der Waals surface area contributed by atoms with Crippen LogP contribution in [0.4, 0.5) is 5.69 Å². The Labute approximate surface area is 164 Å². The molecule has 3 rings (SSSR count). The van der Waals surface area contributed by atoms with Crippen LogP contribution < -0.4 is 15.0 Å². The molecule has 3 N–H and O–H groups in total. The number of carbonyl (C=O) groups excluding carboxylic acids is 2. The van der Waals surface area contributed by atoms with Crippen LogP contribution in [0, 0.1) is 0 Å². The average Bonchev–Trinajstić information content (AvgIpc) is 2.98. The number of benzene rings is 1. The van der Waals surface area contributed by atoms with Crippen LogP contribution in [-0.2, 0) is 14.3 Å². The van der Waals surface area contributed by atoms with Crippen molar-refractivity contribution in [3.8, 4) is 5.75 Å². The molecule has 1 saturated heterocycles. The molecule has 1 amide bonds. The Kier molecular flexibility index (Phi) is 6.21. The Hall–Kier alpha value is -2.58. The molecular formula is C20H28N3O5+. The van der Waals surface area contributed by atoms with Crippen molar-refractivity contribution in [1.82, 2.24) is 4.98 Å². The summed E-state index contributed by atoms with van der Waals surface area (Å²) in [7, 11) is 1.58. The van der Waals surface area contributed by atoms with E-state index in [4.69, 9.17) is 14.2 Å². The molecule has 1 unspecified atom stereocenters. The highest BCUT2D eigenvalue weighted by molar-refractivity contribution is 6.11. The number of ether oxygens (including phenoxy) is 3. The summed E-state index contributed by atoms with van der Waals surface area (Å²) in [4.78, 5) is 29.3. The van der Waals surface area contributed by atoms with E-state index in [1.807, 2.05) is 19.9 Å². The number of rotatable bonds is 6. The van der Waals surface area contributed by atoms with Gasteiger partial charge >= 0.3 is 5.97 Å². The van der Waals surface area contributed by atoms with Crippen LogP contribution in [-0.4, -0.2) is 62.4 Å². The van der Waals surface area contributed by atoms with Gasteiger partial charge in [-0.15, -0.1) is 0 Å². The number of carbonyl (C=O) groups is 2. The smallest absolute Gasteiger partial charge is 0.356 e. The summed E-state index contributed by atoms with van der Waals surface area (Å²) in [5.74, 6) is -0.00438. The van der Waals surface area contributed by atoms with E-state index < -0.39 is 5.97 Å². The molecule has 0 aliphatic carbocycles. The molecule has 8 nitrogen and oxygen atoms in total. The quantitative estimate of drug-likeness (QED) is 0.640. The number of quaternary nitrogens is 1. The van der Waals surface area contributed by atoms with E-state index in [-0.39, 0.29) is 30.4 Å². The van der Waals surface area contributed by atoms with Gasteiger partial charge < -0.3 is 29.4 Å². The van der Waals surface area contributed by atoms with Gasteiger partial charge in [-0.05, 0) is 32.9 Å². The molecule has 1 aliphatic rings. The van der Waals surface area contributed by atoms with Crippen molar-refractivity contribution in [3.63, 3.8) is 0 Å². The van der Waals surface area contributed by atoms with Crippen molar-refractivity contribution < 1.29 is 28.7 Å². The molecule has 2 heterocycles. The Morgan fingerprint density at radius 1 is 1.29 bits per heavy atom. The van der Waals surface area contributed by atoms with Crippen molar-refractivity contribution in [2.24, 2.45) is 0 Å². The molecule has 2 aromatic rings. The maximum absolute atomic E-state index is 12.7. The number of morpholine rings is 1. The highest BCUT2D eigenvalue weighted by Gasteiger charge is 2.28. The fraction of sp³-hybridized carbons (Fsp3) is 0.500. The first-order valence-electron chi connectivity index (χ1n) is 9.57. The lowest BCUT2D eigenvalue weighted by atomic mass is 10.2. The Morgan fingerprint density at radius 3 is 2.64 bits per heavy atom. The summed E-state index contributed by atoms with van der Waals surface area (Å²) in [6.07, 6.45) is 0.226. The molecule has 28 heavy (non-hydrogen) atoms. The lowest BCUT2D eigenvalue weighted by Crippen LogP contribution is -3.16. The van der Waals surface area contributed by atoms with Crippen LogP contribution in [0.3, 0.4) is 0 Å². The standard InChI is InChI=1S/C20H27N3O5/c1-5-27-20(25)19-18(15-7-6-14(26-4)8-16(15)21-19)22-17(24)11-23-9-12(2)28-13(3)10-23/h6-8,12-13,21H,5,9-11H2,1-4H3,(H,22,24)/p+1/t12-,13+. The van der Waals surface area contributed by atoms with Crippen molar-refractivity contribution in [2.75, 3.05) is 38.7 Å². The van der Waals surface area contributed by atoms with E-state index in [2.05, 4.69) is 10.3 Å². The zero-order valence-corrected chi connectivity index (χ0v) is 16.8. The first-order valence-corrected chi connectivity index (χ1v) is 9.57. The van der Waals surface area contributed by atoms with Crippen LogP contribution >= 0.6 is 0 Å². The van der Waals surface area contributed by atoms with Crippen molar-refractivity contribution in [1.29, 1.82) is 0 Å². The number of anilines is 1. The lowest BCUT2D eigenvalue weighted by Gasteiger charge is -2.31. The van der Waals surface area contributed by atoms with Gasteiger partial charge in [-0.2, -0.15) is 0 Å². The topological polar surface area (TPSA) is 94.1 Å². The summed E-state index contributed by atoms with van der Waals surface area (Å²) in [6.45, 7) is 7.87. The van der Waals surface area contributed by atoms with Gasteiger partial charge in [0.25, 0.3) is 5.91 Å². The molecular weight excluding hydrogens is 362 g/mol. The maximum Gasteiger partial charge on any atom is 0.356 e.